The van der Waals surface area contributed by atoms with Crippen LogP contribution in [0.5, 0.6) is 0 Å². The number of urea groups is 1. The fraction of sp³-hybridized carbons (Fsp3) is 0.500. The Balaban J connectivity index is 1.82. The van der Waals surface area contributed by atoms with Crippen molar-refractivity contribution in [2.75, 3.05) is 0 Å². The molecule has 0 aromatic carbocycles. The molecule has 1 aliphatic carbocycles. The highest BCUT2D eigenvalue weighted by Crippen LogP contribution is 2.18. The third kappa shape index (κ3) is 2.72. The largest absolute Gasteiger partial charge is 0.335 e. The number of carbonyl (C=O) groups is 1. The van der Waals surface area contributed by atoms with Crippen LogP contribution >= 0.6 is 0 Å². The van der Waals surface area contributed by atoms with E-state index < -0.39 is 0 Å². The van der Waals surface area contributed by atoms with E-state index in [0.29, 0.717) is 6.04 Å². The summed E-state index contributed by atoms with van der Waals surface area (Å²) in [6.45, 7) is 1.97. The average molecular weight is 219 g/mol. The second kappa shape index (κ2) is 4.96. The van der Waals surface area contributed by atoms with Crippen molar-refractivity contribution in [1.82, 2.24) is 15.6 Å². The molecular formula is C12H17N3O. The van der Waals surface area contributed by atoms with E-state index in [4.69, 9.17) is 0 Å². The monoisotopic (exact) mass is 219 g/mol. The molecule has 4 heteroatoms. The molecule has 2 N–H and O–H groups in total. The van der Waals surface area contributed by atoms with Crippen molar-refractivity contribution in [2.45, 2.75) is 38.3 Å². The van der Waals surface area contributed by atoms with E-state index in [1.165, 1.54) is 6.42 Å². The van der Waals surface area contributed by atoms with Gasteiger partial charge in [-0.2, -0.15) is 0 Å². The number of nitrogens with one attached hydrogen (secondary N) is 2. The van der Waals surface area contributed by atoms with Gasteiger partial charge in [0.25, 0.3) is 0 Å². The van der Waals surface area contributed by atoms with Crippen molar-refractivity contribution in [3.63, 3.8) is 0 Å². The molecule has 0 radical (unpaired) electrons. The summed E-state index contributed by atoms with van der Waals surface area (Å²) in [5.74, 6) is 0. The molecule has 16 heavy (non-hydrogen) atoms. The smallest absolute Gasteiger partial charge is 0.315 e. The molecule has 2 amide bonds. The number of pyridine rings is 1. The first-order valence-corrected chi connectivity index (χ1v) is 5.72. The lowest BCUT2D eigenvalue weighted by molar-refractivity contribution is 0.225. The molecule has 0 spiro atoms. The standard InChI is InChI=1S/C12H17N3O/c1-9(10-5-7-13-8-6-10)14-12(16)15-11-3-2-4-11/h5-9,11H,2-4H2,1H3,(H2,14,15,16). The van der Waals surface area contributed by atoms with E-state index in [2.05, 4.69) is 15.6 Å². The van der Waals surface area contributed by atoms with Gasteiger partial charge in [0.05, 0.1) is 6.04 Å². The molecule has 0 bridgehead atoms. The number of nitrogens with zero attached hydrogens (tertiary/aromatic N) is 1. The zero-order valence-electron chi connectivity index (χ0n) is 9.44. The minimum atomic E-state index is -0.0750. The maximum Gasteiger partial charge on any atom is 0.315 e. The van der Waals surface area contributed by atoms with Crippen molar-refractivity contribution >= 4 is 6.03 Å². The minimum absolute atomic E-state index is 0.0167. The molecular weight excluding hydrogens is 202 g/mol. The maximum absolute atomic E-state index is 11.6. The van der Waals surface area contributed by atoms with Gasteiger partial charge >= 0.3 is 6.03 Å². The van der Waals surface area contributed by atoms with Gasteiger partial charge in [-0.15, -0.1) is 0 Å². The molecule has 2 rings (SSSR count). The summed E-state index contributed by atoms with van der Waals surface area (Å²) >= 11 is 0. The lowest BCUT2D eigenvalue weighted by Crippen LogP contribution is -2.45. The van der Waals surface area contributed by atoms with Crippen LogP contribution in [0, 0.1) is 0 Å². The number of carbonyl (C=O) groups excluding carboxylic acids is 1. The highest BCUT2D eigenvalue weighted by Gasteiger charge is 2.20. The van der Waals surface area contributed by atoms with Crippen molar-refractivity contribution in [3.8, 4) is 0 Å². The summed E-state index contributed by atoms with van der Waals surface area (Å²) in [4.78, 5) is 15.5. The van der Waals surface area contributed by atoms with Gasteiger partial charge in [-0.05, 0) is 43.9 Å². The van der Waals surface area contributed by atoms with Gasteiger partial charge in [0.2, 0.25) is 0 Å². The SMILES string of the molecule is CC(NC(=O)NC1CCC1)c1ccncc1. The molecule has 1 heterocycles. The molecule has 1 saturated carbocycles. The van der Waals surface area contributed by atoms with Crippen LogP contribution in [0.2, 0.25) is 0 Å². The Hall–Kier alpha value is -1.58. The lowest BCUT2D eigenvalue weighted by atomic mass is 9.93. The molecule has 1 atom stereocenters. The van der Waals surface area contributed by atoms with Crippen LogP contribution < -0.4 is 10.6 Å². The van der Waals surface area contributed by atoms with E-state index >= 15 is 0 Å². The van der Waals surface area contributed by atoms with Gasteiger partial charge in [-0.3, -0.25) is 4.98 Å². The Labute approximate surface area is 95.5 Å². The Morgan fingerprint density at radius 2 is 2.12 bits per heavy atom. The van der Waals surface area contributed by atoms with Crippen LogP contribution in [-0.4, -0.2) is 17.1 Å². The van der Waals surface area contributed by atoms with Crippen LogP contribution in [0.25, 0.3) is 0 Å². The summed E-state index contributed by atoms with van der Waals surface area (Å²) in [5.41, 5.74) is 1.07. The molecule has 1 aromatic rings. The van der Waals surface area contributed by atoms with Gasteiger partial charge in [0.15, 0.2) is 0 Å². The number of aromatic nitrogens is 1. The molecule has 1 aromatic heterocycles. The van der Waals surface area contributed by atoms with Crippen LogP contribution in [0.15, 0.2) is 24.5 Å². The molecule has 1 unspecified atom stereocenters. The third-order valence-electron chi connectivity index (χ3n) is 2.99. The Morgan fingerprint density at radius 1 is 1.44 bits per heavy atom. The maximum atomic E-state index is 11.6. The van der Waals surface area contributed by atoms with Crippen molar-refractivity contribution < 1.29 is 4.79 Å². The van der Waals surface area contributed by atoms with Crippen LogP contribution in [0.3, 0.4) is 0 Å². The summed E-state index contributed by atoms with van der Waals surface area (Å²) in [6.07, 6.45) is 6.91. The molecule has 0 saturated heterocycles. The predicted octanol–water partition coefficient (Wildman–Crippen LogP) is 1.99. The second-order valence-electron chi connectivity index (χ2n) is 4.25. The van der Waals surface area contributed by atoms with Crippen LogP contribution in [0.4, 0.5) is 4.79 Å². The van der Waals surface area contributed by atoms with Gasteiger partial charge in [0, 0.05) is 18.4 Å². The fourth-order valence-corrected chi connectivity index (χ4v) is 1.71. The predicted molar refractivity (Wildman–Crippen MR) is 62.0 cm³/mol. The second-order valence-corrected chi connectivity index (χ2v) is 4.25. The minimum Gasteiger partial charge on any atom is -0.335 e. The molecule has 0 aliphatic heterocycles. The van der Waals surface area contributed by atoms with Crippen molar-refractivity contribution in [3.05, 3.63) is 30.1 Å². The Morgan fingerprint density at radius 3 is 2.69 bits per heavy atom. The number of hydrogen-bond acceptors (Lipinski definition) is 2. The first-order valence-electron chi connectivity index (χ1n) is 5.72. The third-order valence-corrected chi connectivity index (χ3v) is 2.99. The van der Waals surface area contributed by atoms with Crippen LogP contribution in [0.1, 0.15) is 37.8 Å². The highest BCUT2D eigenvalue weighted by atomic mass is 16.2. The van der Waals surface area contributed by atoms with Gasteiger partial charge < -0.3 is 10.6 Å². The zero-order valence-corrected chi connectivity index (χ0v) is 9.44. The first-order chi connectivity index (χ1) is 7.75. The molecule has 4 nitrogen and oxygen atoms in total. The van der Waals surface area contributed by atoms with Gasteiger partial charge in [-0.25, -0.2) is 4.79 Å². The summed E-state index contributed by atoms with van der Waals surface area (Å²) in [7, 11) is 0. The van der Waals surface area contributed by atoms with Gasteiger partial charge in [-0.1, -0.05) is 0 Å². The van der Waals surface area contributed by atoms with E-state index in [9.17, 15) is 4.79 Å². The van der Waals surface area contributed by atoms with E-state index in [-0.39, 0.29) is 12.1 Å². The van der Waals surface area contributed by atoms with E-state index in [1.54, 1.807) is 12.4 Å². The van der Waals surface area contributed by atoms with Gasteiger partial charge in [0.1, 0.15) is 0 Å². The Kier molecular flexibility index (Phi) is 3.39. The lowest BCUT2D eigenvalue weighted by Gasteiger charge is -2.27. The summed E-state index contributed by atoms with van der Waals surface area (Å²) in [6, 6.07) is 4.14. The zero-order chi connectivity index (χ0) is 11.4. The topological polar surface area (TPSA) is 54.0 Å². The summed E-state index contributed by atoms with van der Waals surface area (Å²) < 4.78 is 0. The number of rotatable bonds is 3. The summed E-state index contributed by atoms with van der Waals surface area (Å²) in [5, 5.41) is 5.87. The Bertz CT molecular complexity index is 349. The van der Waals surface area contributed by atoms with E-state index in [1.807, 2.05) is 19.1 Å². The van der Waals surface area contributed by atoms with Crippen molar-refractivity contribution in [2.24, 2.45) is 0 Å². The first kappa shape index (κ1) is 10.9. The normalized spacial score (nSPS) is 17.3. The van der Waals surface area contributed by atoms with Crippen molar-refractivity contribution in [1.29, 1.82) is 0 Å². The molecule has 1 aliphatic rings. The number of amides is 2. The van der Waals surface area contributed by atoms with Crippen LogP contribution in [-0.2, 0) is 0 Å². The highest BCUT2D eigenvalue weighted by molar-refractivity contribution is 5.74. The average Bonchev–Trinajstić information content (AvgIpc) is 2.25. The molecule has 1 fully saturated rings. The number of hydrogen-bond donors (Lipinski definition) is 2. The molecule has 86 valence electrons. The van der Waals surface area contributed by atoms with E-state index in [0.717, 1.165) is 18.4 Å². The quantitative estimate of drug-likeness (QED) is 0.817. The fourth-order valence-electron chi connectivity index (χ4n) is 1.71.